The zero-order chi connectivity index (χ0) is 14.5. The minimum atomic E-state index is 0.235. The van der Waals surface area contributed by atoms with Crippen molar-refractivity contribution in [3.05, 3.63) is 63.6 Å². The Bertz CT molecular complexity index is 549. The van der Waals surface area contributed by atoms with E-state index in [2.05, 4.69) is 24.4 Å². The molecule has 0 heterocycles. The van der Waals surface area contributed by atoms with Gasteiger partial charge in [0.05, 0.1) is 7.11 Å². The third kappa shape index (κ3) is 4.14. The molecule has 0 bridgehead atoms. The lowest BCUT2D eigenvalue weighted by atomic mass is 10.1. The molecule has 0 saturated heterocycles. The zero-order valence-electron chi connectivity index (χ0n) is 11.5. The molecule has 2 rings (SSSR count). The Morgan fingerprint density at radius 1 is 1.05 bits per heavy atom. The first kappa shape index (κ1) is 15.2. The Hall–Kier alpha value is -1.22. The van der Waals surface area contributed by atoms with Crippen LogP contribution in [0.3, 0.4) is 0 Å². The fourth-order valence-electron chi connectivity index (χ4n) is 1.99. The molecule has 2 nitrogen and oxygen atoms in total. The molecule has 106 valence electrons. The van der Waals surface area contributed by atoms with Crippen LogP contribution in [0.25, 0.3) is 0 Å². The van der Waals surface area contributed by atoms with Crippen LogP contribution >= 0.6 is 23.2 Å². The number of ether oxygens (including phenoxy) is 1. The minimum Gasteiger partial charge on any atom is -0.497 e. The lowest BCUT2D eigenvalue weighted by Gasteiger charge is -2.15. The maximum atomic E-state index is 5.99. The monoisotopic (exact) mass is 309 g/mol. The fourth-order valence-corrected chi connectivity index (χ4v) is 2.57. The summed E-state index contributed by atoms with van der Waals surface area (Å²) in [6, 6.07) is 13.8. The van der Waals surface area contributed by atoms with Gasteiger partial charge in [0.1, 0.15) is 5.75 Å². The predicted octanol–water partition coefficient (Wildman–Crippen LogP) is 4.85. The molecule has 0 fully saturated rings. The molecule has 0 spiro atoms. The second kappa shape index (κ2) is 6.98. The van der Waals surface area contributed by atoms with Crippen LogP contribution in [0.4, 0.5) is 0 Å². The van der Waals surface area contributed by atoms with Gasteiger partial charge in [-0.05, 0) is 48.4 Å². The van der Waals surface area contributed by atoms with E-state index in [4.69, 9.17) is 27.9 Å². The topological polar surface area (TPSA) is 21.3 Å². The van der Waals surface area contributed by atoms with Crippen LogP contribution in [0.15, 0.2) is 42.5 Å². The van der Waals surface area contributed by atoms with E-state index in [0.29, 0.717) is 16.6 Å². The SMILES string of the molecule is COc1ccc([C@H](C)NCc2cc(Cl)cc(Cl)c2)cc1. The van der Waals surface area contributed by atoms with Crippen LogP contribution in [0.5, 0.6) is 5.75 Å². The molecule has 0 saturated carbocycles. The summed E-state index contributed by atoms with van der Waals surface area (Å²) in [5, 5.41) is 4.77. The third-order valence-corrected chi connectivity index (χ3v) is 3.59. The van der Waals surface area contributed by atoms with E-state index in [1.165, 1.54) is 5.56 Å². The van der Waals surface area contributed by atoms with Gasteiger partial charge in [0.2, 0.25) is 0 Å². The lowest BCUT2D eigenvalue weighted by Crippen LogP contribution is -2.18. The number of hydrogen-bond acceptors (Lipinski definition) is 2. The van der Waals surface area contributed by atoms with Crippen molar-refractivity contribution in [3.8, 4) is 5.75 Å². The van der Waals surface area contributed by atoms with E-state index in [0.717, 1.165) is 11.3 Å². The Kier molecular flexibility index (Phi) is 5.30. The van der Waals surface area contributed by atoms with Crippen molar-refractivity contribution in [2.24, 2.45) is 0 Å². The average Bonchev–Trinajstić information content (AvgIpc) is 2.44. The first-order valence-electron chi connectivity index (χ1n) is 6.41. The van der Waals surface area contributed by atoms with Gasteiger partial charge in [-0.2, -0.15) is 0 Å². The van der Waals surface area contributed by atoms with Gasteiger partial charge in [-0.3, -0.25) is 0 Å². The molecule has 0 aliphatic heterocycles. The summed E-state index contributed by atoms with van der Waals surface area (Å²) in [6.45, 7) is 2.83. The van der Waals surface area contributed by atoms with Crippen LogP contribution in [-0.4, -0.2) is 7.11 Å². The van der Waals surface area contributed by atoms with Gasteiger partial charge >= 0.3 is 0 Å². The molecular formula is C16H17Cl2NO. The highest BCUT2D eigenvalue weighted by Gasteiger charge is 2.06. The summed E-state index contributed by atoms with van der Waals surface area (Å²) in [5.74, 6) is 0.863. The van der Waals surface area contributed by atoms with Crippen molar-refractivity contribution in [2.45, 2.75) is 19.5 Å². The zero-order valence-corrected chi connectivity index (χ0v) is 13.0. The molecule has 0 aromatic heterocycles. The second-order valence-electron chi connectivity index (χ2n) is 4.65. The van der Waals surface area contributed by atoms with E-state index in [1.807, 2.05) is 24.3 Å². The maximum Gasteiger partial charge on any atom is 0.118 e. The molecule has 20 heavy (non-hydrogen) atoms. The fraction of sp³-hybridized carbons (Fsp3) is 0.250. The smallest absolute Gasteiger partial charge is 0.118 e. The Labute approximate surface area is 129 Å². The molecule has 0 radical (unpaired) electrons. The van der Waals surface area contributed by atoms with Gasteiger partial charge in [0.15, 0.2) is 0 Å². The minimum absolute atomic E-state index is 0.235. The van der Waals surface area contributed by atoms with Gasteiger partial charge in [-0.15, -0.1) is 0 Å². The molecule has 2 aromatic rings. The second-order valence-corrected chi connectivity index (χ2v) is 5.53. The van der Waals surface area contributed by atoms with Crippen molar-refractivity contribution in [2.75, 3.05) is 7.11 Å². The van der Waals surface area contributed by atoms with E-state index in [9.17, 15) is 0 Å². The highest BCUT2D eigenvalue weighted by molar-refractivity contribution is 6.34. The molecule has 0 aliphatic carbocycles. The Morgan fingerprint density at radius 3 is 2.20 bits per heavy atom. The number of halogens is 2. The van der Waals surface area contributed by atoms with Crippen molar-refractivity contribution < 1.29 is 4.74 Å². The van der Waals surface area contributed by atoms with Crippen LogP contribution < -0.4 is 10.1 Å². The summed E-state index contributed by atoms with van der Waals surface area (Å²) in [4.78, 5) is 0. The van der Waals surface area contributed by atoms with Gasteiger partial charge in [-0.1, -0.05) is 35.3 Å². The molecule has 0 unspecified atom stereocenters. The van der Waals surface area contributed by atoms with Crippen LogP contribution in [-0.2, 0) is 6.54 Å². The van der Waals surface area contributed by atoms with Crippen LogP contribution in [0.1, 0.15) is 24.1 Å². The largest absolute Gasteiger partial charge is 0.497 e. The lowest BCUT2D eigenvalue weighted by molar-refractivity contribution is 0.414. The molecule has 0 amide bonds. The summed E-state index contributed by atoms with van der Waals surface area (Å²) < 4.78 is 5.15. The number of benzene rings is 2. The van der Waals surface area contributed by atoms with Gasteiger partial charge in [0.25, 0.3) is 0 Å². The number of rotatable bonds is 5. The summed E-state index contributed by atoms with van der Waals surface area (Å²) in [6.07, 6.45) is 0. The van der Waals surface area contributed by atoms with Crippen molar-refractivity contribution in [3.63, 3.8) is 0 Å². The van der Waals surface area contributed by atoms with E-state index >= 15 is 0 Å². The first-order valence-corrected chi connectivity index (χ1v) is 7.16. The van der Waals surface area contributed by atoms with Crippen molar-refractivity contribution in [1.29, 1.82) is 0 Å². The normalized spacial score (nSPS) is 12.2. The number of nitrogens with one attached hydrogen (secondary N) is 1. The van der Waals surface area contributed by atoms with Crippen LogP contribution in [0.2, 0.25) is 10.0 Å². The van der Waals surface area contributed by atoms with Crippen molar-refractivity contribution >= 4 is 23.2 Å². The van der Waals surface area contributed by atoms with Gasteiger partial charge in [-0.25, -0.2) is 0 Å². The standard InChI is InChI=1S/C16H17Cl2NO/c1-11(13-3-5-16(20-2)6-4-13)19-10-12-7-14(17)9-15(18)8-12/h3-9,11,19H,10H2,1-2H3/t11-/m0/s1. The van der Waals surface area contributed by atoms with E-state index in [1.54, 1.807) is 13.2 Å². The van der Waals surface area contributed by atoms with Gasteiger partial charge < -0.3 is 10.1 Å². The van der Waals surface area contributed by atoms with E-state index < -0.39 is 0 Å². The summed E-state index contributed by atoms with van der Waals surface area (Å²) in [7, 11) is 1.67. The number of methoxy groups -OCH3 is 1. The summed E-state index contributed by atoms with van der Waals surface area (Å²) >= 11 is 12.0. The predicted molar refractivity (Wildman–Crippen MR) is 84.7 cm³/mol. The van der Waals surface area contributed by atoms with Crippen molar-refractivity contribution in [1.82, 2.24) is 5.32 Å². The maximum absolute atomic E-state index is 5.99. The third-order valence-electron chi connectivity index (χ3n) is 3.15. The Balaban J connectivity index is 1.98. The molecule has 1 atom stereocenters. The molecule has 0 aliphatic rings. The number of hydrogen-bond donors (Lipinski definition) is 1. The average molecular weight is 310 g/mol. The molecule has 2 aromatic carbocycles. The first-order chi connectivity index (χ1) is 9.58. The quantitative estimate of drug-likeness (QED) is 0.852. The summed E-state index contributed by atoms with van der Waals surface area (Å²) in [5.41, 5.74) is 2.28. The van der Waals surface area contributed by atoms with Gasteiger partial charge in [0, 0.05) is 22.6 Å². The molecule has 4 heteroatoms. The molecule has 1 N–H and O–H groups in total. The van der Waals surface area contributed by atoms with Crippen LogP contribution in [0, 0.1) is 0 Å². The molecular weight excluding hydrogens is 293 g/mol. The van der Waals surface area contributed by atoms with E-state index in [-0.39, 0.29) is 6.04 Å². The Morgan fingerprint density at radius 2 is 1.65 bits per heavy atom. The highest BCUT2D eigenvalue weighted by Crippen LogP contribution is 2.21. The highest BCUT2D eigenvalue weighted by atomic mass is 35.5.